The predicted molar refractivity (Wildman–Crippen MR) is 76.2 cm³/mol. The van der Waals surface area contributed by atoms with E-state index in [1.807, 2.05) is 0 Å². The van der Waals surface area contributed by atoms with Gasteiger partial charge in [-0.1, -0.05) is 17.7 Å². The van der Waals surface area contributed by atoms with Gasteiger partial charge in [0.05, 0.1) is 7.11 Å². The molecule has 0 amide bonds. The molecule has 1 heterocycles. The van der Waals surface area contributed by atoms with Crippen molar-refractivity contribution in [1.82, 2.24) is 4.90 Å². The van der Waals surface area contributed by atoms with Crippen LogP contribution in [0.25, 0.3) is 0 Å². The zero-order chi connectivity index (χ0) is 14.0. The number of carbonyl (C=O) groups excluding carboxylic acids is 1. The molecule has 0 spiro atoms. The maximum absolute atomic E-state index is 12.2. The van der Waals surface area contributed by atoms with Gasteiger partial charge in [0.25, 0.3) is 0 Å². The van der Waals surface area contributed by atoms with Gasteiger partial charge in [0.15, 0.2) is 0 Å². The summed E-state index contributed by atoms with van der Waals surface area (Å²) in [5, 5.41) is 0. The van der Waals surface area contributed by atoms with Crippen LogP contribution in [0.4, 0.5) is 0 Å². The van der Waals surface area contributed by atoms with Crippen molar-refractivity contribution in [3.63, 3.8) is 0 Å². The third-order valence-corrected chi connectivity index (χ3v) is 3.94. The van der Waals surface area contributed by atoms with E-state index < -0.39 is 0 Å². The highest BCUT2D eigenvalue weighted by Crippen LogP contribution is 2.31. The Labute approximate surface area is 115 Å². The first kappa shape index (κ1) is 14.1. The molecule has 1 saturated heterocycles. The summed E-state index contributed by atoms with van der Waals surface area (Å²) in [6.45, 7) is 8.22. The van der Waals surface area contributed by atoms with Crippen LogP contribution < -0.4 is 0 Å². The molecule has 0 radical (unpaired) electrons. The molecule has 1 unspecified atom stereocenters. The van der Waals surface area contributed by atoms with E-state index in [0.29, 0.717) is 0 Å². The minimum atomic E-state index is -0.243. The van der Waals surface area contributed by atoms with Crippen molar-refractivity contribution in [1.29, 1.82) is 0 Å². The Bertz CT molecular complexity index is 453. The summed E-state index contributed by atoms with van der Waals surface area (Å²) in [6, 6.07) is 4.05. The maximum atomic E-state index is 12.2. The molecule has 0 bridgehead atoms. The average molecular weight is 261 g/mol. The van der Waals surface area contributed by atoms with Crippen LogP contribution in [0.5, 0.6) is 0 Å². The molecular weight excluding hydrogens is 238 g/mol. The minimum absolute atomic E-state index is 0.142. The average Bonchev–Trinajstić information content (AvgIpc) is 2.86. The Balaban J connectivity index is 2.46. The lowest BCUT2D eigenvalue weighted by Gasteiger charge is -2.28. The summed E-state index contributed by atoms with van der Waals surface area (Å²) < 4.78 is 5.04. The van der Waals surface area contributed by atoms with Crippen LogP contribution in [0, 0.1) is 20.8 Å². The summed E-state index contributed by atoms with van der Waals surface area (Å²) in [4.78, 5) is 14.5. The molecule has 0 aromatic heterocycles. The van der Waals surface area contributed by atoms with Gasteiger partial charge in [0.2, 0.25) is 0 Å². The second-order valence-electron chi connectivity index (χ2n) is 5.48. The van der Waals surface area contributed by atoms with E-state index in [4.69, 9.17) is 4.74 Å². The van der Waals surface area contributed by atoms with Gasteiger partial charge < -0.3 is 4.74 Å². The van der Waals surface area contributed by atoms with Gasteiger partial charge in [-0.05, 0) is 63.4 Å². The Morgan fingerprint density at radius 1 is 1.16 bits per heavy atom. The number of ether oxygens (including phenoxy) is 1. The highest BCUT2D eigenvalue weighted by Gasteiger charge is 2.32. The minimum Gasteiger partial charge on any atom is -0.468 e. The molecule has 0 saturated carbocycles. The summed E-state index contributed by atoms with van der Waals surface area (Å²) >= 11 is 0. The van der Waals surface area contributed by atoms with Crippen LogP contribution in [-0.4, -0.2) is 31.1 Å². The summed E-state index contributed by atoms with van der Waals surface area (Å²) in [6.07, 6.45) is 2.33. The molecule has 19 heavy (non-hydrogen) atoms. The molecule has 3 nitrogen and oxygen atoms in total. The first-order chi connectivity index (χ1) is 9.04. The number of benzene rings is 1. The highest BCUT2D eigenvalue weighted by molar-refractivity contribution is 5.78. The lowest BCUT2D eigenvalue weighted by Crippen LogP contribution is -2.33. The molecular formula is C16H23NO2. The molecule has 1 aliphatic rings. The van der Waals surface area contributed by atoms with Crippen molar-refractivity contribution in [3.8, 4) is 0 Å². The monoisotopic (exact) mass is 261 g/mol. The number of methoxy groups -OCH3 is 1. The Hall–Kier alpha value is -1.35. The number of carbonyl (C=O) groups is 1. The molecule has 104 valence electrons. The molecule has 0 aliphatic carbocycles. The number of likely N-dealkylation sites (tertiary alicyclic amines) is 1. The van der Waals surface area contributed by atoms with Crippen LogP contribution in [-0.2, 0) is 9.53 Å². The zero-order valence-electron chi connectivity index (χ0n) is 12.3. The van der Waals surface area contributed by atoms with Crippen LogP contribution in [0.1, 0.15) is 41.1 Å². The van der Waals surface area contributed by atoms with E-state index in [-0.39, 0.29) is 12.0 Å². The van der Waals surface area contributed by atoms with E-state index in [0.717, 1.165) is 31.5 Å². The highest BCUT2D eigenvalue weighted by atomic mass is 16.5. The maximum Gasteiger partial charge on any atom is 0.327 e. The molecule has 1 aromatic carbocycles. The van der Waals surface area contributed by atoms with E-state index in [2.05, 4.69) is 37.8 Å². The molecule has 3 heteroatoms. The smallest absolute Gasteiger partial charge is 0.327 e. The van der Waals surface area contributed by atoms with E-state index >= 15 is 0 Å². The first-order valence-electron chi connectivity index (χ1n) is 6.94. The van der Waals surface area contributed by atoms with Gasteiger partial charge >= 0.3 is 5.97 Å². The fraction of sp³-hybridized carbons (Fsp3) is 0.562. The Kier molecular flexibility index (Phi) is 4.25. The number of hydrogen-bond donors (Lipinski definition) is 0. The Morgan fingerprint density at radius 2 is 1.68 bits per heavy atom. The van der Waals surface area contributed by atoms with Crippen molar-refractivity contribution in [2.24, 2.45) is 0 Å². The topological polar surface area (TPSA) is 29.5 Å². The van der Waals surface area contributed by atoms with E-state index in [1.54, 1.807) is 0 Å². The number of aryl methyl sites for hydroxylation is 3. The van der Waals surface area contributed by atoms with Crippen LogP contribution in [0.2, 0.25) is 0 Å². The number of hydrogen-bond acceptors (Lipinski definition) is 3. The summed E-state index contributed by atoms with van der Waals surface area (Å²) in [5.41, 5.74) is 4.72. The van der Waals surface area contributed by atoms with Gasteiger partial charge in [0, 0.05) is 0 Å². The molecule has 2 rings (SSSR count). The van der Waals surface area contributed by atoms with Crippen LogP contribution in [0.3, 0.4) is 0 Å². The normalized spacial score (nSPS) is 17.5. The number of rotatable bonds is 3. The predicted octanol–water partition coefficient (Wildman–Crippen LogP) is 2.92. The number of nitrogens with zero attached hydrogens (tertiary/aromatic N) is 1. The zero-order valence-corrected chi connectivity index (χ0v) is 12.3. The van der Waals surface area contributed by atoms with Gasteiger partial charge in [0.1, 0.15) is 6.04 Å². The summed E-state index contributed by atoms with van der Waals surface area (Å²) in [7, 11) is 1.48. The SMILES string of the molecule is COC(=O)C(c1c(C)cc(C)cc1C)N1CCCC1. The van der Waals surface area contributed by atoms with Crippen molar-refractivity contribution >= 4 is 5.97 Å². The Morgan fingerprint density at radius 3 is 2.16 bits per heavy atom. The summed E-state index contributed by atoms with van der Waals surface area (Å²) in [5.74, 6) is -0.142. The van der Waals surface area contributed by atoms with Crippen molar-refractivity contribution < 1.29 is 9.53 Å². The fourth-order valence-electron chi connectivity index (χ4n) is 3.18. The third kappa shape index (κ3) is 2.81. The second kappa shape index (κ2) is 5.74. The molecule has 1 aromatic rings. The van der Waals surface area contributed by atoms with Gasteiger partial charge in [-0.3, -0.25) is 4.90 Å². The first-order valence-corrected chi connectivity index (χ1v) is 6.94. The molecule has 1 atom stereocenters. The van der Waals surface area contributed by atoms with Crippen LogP contribution in [0.15, 0.2) is 12.1 Å². The van der Waals surface area contributed by atoms with E-state index in [9.17, 15) is 4.79 Å². The van der Waals surface area contributed by atoms with Gasteiger partial charge in [-0.25, -0.2) is 4.79 Å². The molecule has 0 N–H and O–H groups in total. The molecule has 1 fully saturated rings. The van der Waals surface area contributed by atoms with Crippen LogP contribution >= 0.6 is 0 Å². The van der Waals surface area contributed by atoms with Crippen molar-refractivity contribution in [3.05, 3.63) is 34.4 Å². The lowest BCUT2D eigenvalue weighted by molar-refractivity contribution is -0.147. The van der Waals surface area contributed by atoms with Crippen molar-refractivity contribution in [2.45, 2.75) is 39.7 Å². The van der Waals surface area contributed by atoms with Gasteiger partial charge in [-0.15, -0.1) is 0 Å². The van der Waals surface area contributed by atoms with E-state index in [1.165, 1.54) is 23.8 Å². The lowest BCUT2D eigenvalue weighted by atomic mass is 9.93. The fourth-order valence-corrected chi connectivity index (χ4v) is 3.18. The van der Waals surface area contributed by atoms with Gasteiger partial charge in [-0.2, -0.15) is 0 Å². The largest absolute Gasteiger partial charge is 0.468 e. The quantitative estimate of drug-likeness (QED) is 0.784. The standard InChI is InChI=1S/C16H23NO2/c1-11-9-12(2)14(13(3)10-11)15(16(18)19-4)17-7-5-6-8-17/h9-10,15H,5-8H2,1-4H3. The number of esters is 1. The molecule has 1 aliphatic heterocycles. The second-order valence-corrected chi connectivity index (χ2v) is 5.48. The third-order valence-electron chi connectivity index (χ3n) is 3.94. The van der Waals surface area contributed by atoms with Crippen molar-refractivity contribution in [2.75, 3.05) is 20.2 Å².